The fraction of sp³-hybridized carbons (Fsp3) is 0.0290. The van der Waals surface area contributed by atoms with Gasteiger partial charge >= 0.3 is 0 Å². The fourth-order valence-corrected chi connectivity index (χ4v) is 13.6. The molecule has 1 aliphatic heterocycles. The van der Waals surface area contributed by atoms with Crippen LogP contribution in [0.25, 0.3) is 72.4 Å². The molecule has 11 aromatic carbocycles. The van der Waals surface area contributed by atoms with Gasteiger partial charge in [-0.05, 0) is 143 Å². The SMILES string of the molecule is c1ccc(-c2ccc(N(c3cccc(-c4ccc5c(c4)C4(c6ccccc6-c6ccccc64)c4ccccc4-5)c3)c3cccc4nc5n(c34)-c3ccccc3C53c4ccccc4-c4ccccc43)cc2)cc1. The Labute approximate surface area is 418 Å². The van der Waals surface area contributed by atoms with Gasteiger partial charge in [0.25, 0.3) is 0 Å². The van der Waals surface area contributed by atoms with Crippen molar-refractivity contribution in [3.05, 3.63) is 306 Å². The van der Waals surface area contributed by atoms with E-state index < -0.39 is 10.8 Å². The lowest BCUT2D eigenvalue weighted by atomic mass is 9.70. The molecule has 1 aromatic heterocycles. The summed E-state index contributed by atoms with van der Waals surface area (Å²) in [7, 11) is 0. The first kappa shape index (κ1) is 39.5. The lowest BCUT2D eigenvalue weighted by Gasteiger charge is -2.30. The Balaban J connectivity index is 0.918. The lowest BCUT2D eigenvalue weighted by molar-refractivity contribution is 0.738. The van der Waals surface area contributed by atoms with Crippen molar-refractivity contribution in [1.82, 2.24) is 9.55 Å². The third kappa shape index (κ3) is 5.01. The molecule has 3 heteroatoms. The molecule has 16 rings (SSSR count). The van der Waals surface area contributed by atoms with E-state index in [9.17, 15) is 0 Å². The van der Waals surface area contributed by atoms with Gasteiger partial charge in [0.2, 0.25) is 0 Å². The zero-order valence-corrected chi connectivity index (χ0v) is 39.2. The zero-order chi connectivity index (χ0) is 47.1. The summed E-state index contributed by atoms with van der Waals surface area (Å²) < 4.78 is 2.48. The topological polar surface area (TPSA) is 21.1 Å². The summed E-state index contributed by atoms with van der Waals surface area (Å²) >= 11 is 0. The maximum atomic E-state index is 5.74. The average molecular weight is 914 g/mol. The van der Waals surface area contributed by atoms with E-state index in [0.29, 0.717) is 0 Å². The predicted molar refractivity (Wildman–Crippen MR) is 294 cm³/mol. The van der Waals surface area contributed by atoms with Gasteiger partial charge in [0.1, 0.15) is 11.2 Å². The van der Waals surface area contributed by atoms with E-state index in [1.807, 2.05) is 0 Å². The number of nitrogens with zero attached hydrogens (tertiary/aromatic N) is 3. The Kier molecular flexibility index (Phi) is 8.02. The maximum absolute atomic E-state index is 5.74. The Morgan fingerprint density at radius 3 is 1.38 bits per heavy atom. The number of anilines is 3. The van der Waals surface area contributed by atoms with E-state index in [4.69, 9.17) is 4.98 Å². The van der Waals surface area contributed by atoms with E-state index in [1.54, 1.807) is 0 Å². The van der Waals surface area contributed by atoms with Crippen LogP contribution in [0.4, 0.5) is 17.1 Å². The van der Waals surface area contributed by atoms with Crippen LogP contribution in [0.15, 0.2) is 261 Å². The highest BCUT2D eigenvalue weighted by molar-refractivity contribution is 6.01. The molecule has 3 nitrogen and oxygen atoms in total. The van der Waals surface area contributed by atoms with Crippen LogP contribution in [0.1, 0.15) is 44.8 Å². The van der Waals surface area contributed by atoms with Gasteiger partial charge in [-0.15, -0.1) is 0 Å². The van der Waals surface area contributed by atoms with Crippen LogP contribution in [0, 0.1) is 0 Å². The van der Waals surface area contributed by atoms with Crippen LogP contribution < -0.4 is 4.90 Å². The van der Waals surface area contributed by atoms with Crippen molar-refractivity contribution in [3.8, 4) is 61.3 Å². The van der Waals surface area contributed by atoms with Gasteiger partial charge in [0.05, 0.1) is 27.8 Å². The average Bonchev–Trinajstić information content (AvgIpc) is 4.22. The molecule has 2 heterocycles. The lowest BCUT2D eigenvalue weighted by Crippen LogP contribution is -2.27. The van der Waals surface area contributed by atoms with Crippen LogP contribution in [0.3, 0.4) is 0 Å². The molecular weight excluding hydrogens is 871 g/mol. The minimum Gasteiger partial charge on any atom is -0.308 e. The van der Waals surface area contributed by atoms with Crippen molar-refractivity contribution in [2.75, 3.05) is 4.90 Å². The molecule has 0 N–H and O–H groups in total. The molecule has 4 aliphatic rings. The van der Waals surface area contributed by atoms with E-state index in [1.165, 1.54) is 89.0 Å². The Bertz CT molecular complexity index is 4130. The van der Waals surface area contributed by atoms with Crippen LogP contribution in [-0.4, -0.2) is 9.55 Å². The molecule has 2 spiro atoms. The van der Waals surface area contributed by atoms with Gasteiger partial charge in [-0.2, -0.15) is 0 Å². The number of aromatic nitrogens is 2. The molecule has 0 fully saturated rings. The van der Waals surface area contributed by atoms with E-state index in [2.05, 4.69) is 270 Å². The van der Waals surface area contributed by atoms with E-state index in [-0.39, 0.29) is 0 Å². The molecule has 0 radical (unpaired) electrons. The van der Waals surface area contributed by atoms with Crippen molar-refractivity contribution in [2.24, 2.45) is 0 Å². The highest BCUT2D eigenvalue weighted by atomic mass is 15.2. The number of hydrogen-bond donors (Lipinski definition) is 0. The van der Waals surface area contributed by atoms with Gasteiger partial charge in [0, 0.05) is 11.4 Å². The Hall–Kier alpha value is -9.31. The Morgan fingerprint density at radius 2 is 0.764 bits per heavy atom. The van der Waals surface area contributed by atoms with Crippen molar-refractivity contribution < 1.29 is 0 Å². The molecule has 3 aliphatic carbocycles. The summed E-state index contributed by atoms with van der Waals surface area (Å²) in [6.45, 7) is 0. The van der Waals surface area contributed by atoms with Crippen LogP contribution >= 0.6 is 0 Å². The van der Waals surface area contributed by atoms with Crippen molar-refractivity contribution in [2.45, 2.75) is 10.8 Å². The minimum atomic E-state index is -0.576. The number of imidazole rings is 1. The third-order valence-electron chi connectivity index (χ3n) is 16.4. The van der Waals surface area contributed by atoms with Crippen LogP contribution in [0.5, 0.6) is 0 Å². The van der Waals surface area contributed by atoms with Gasteiger partial charge in [-0.25, -0.2) is 4.98 Å². The number of hydrogen-bond acceptors (Lipinski definition) is 2. The molecule has 0 saturated heterocycles. The standard InChI is InChI=1S/C69H43N3/c1-2-18-44(19-3-1)45-36-39-48(40-37-45)71(65-35-17-33-63-66(65)72-64-34-15-14-32-61(64)69(67(72)70-63)59-30-12-7-24-52(59)53-25-8-13-31-60(53)69)49-21-16-20-46(42-49)47-38-41-55-54-26-6-11-29-58(54)68(62(55)43-47)56-27-9-4-22-50(56)51-23-5-10-28-57(51)68/h1-43H. The first-order chi connectivity index (χ1) is 35.7. The molecule has 334 valence electrons. The van der Waals surface area contributed by atoms with Gasteiger partial charge < -0.3 is 4.90 Å². The molecule has 0 amide bonds. The molecule has 12 aromatic rings. The summed E-state index contributed by atoms with van der Waals surface area (Å²) in [6.07, 6.45) is 0. The minimum absolute atomic E-state index is 0.425. The quantitative estimate of drug-likeness (QED) is 0.172. The van der Waals surface area contributed by atoms with Gasteiger partial charge in [0.15, 0.2) is 0 Å². The normalized spacial score (nSPS) is 14.1. The molecule has 0 unspecified atom stereocenters. The molecule has 0 atom stereocenters. The van der Waals surface area contributed by atoms with E-state index in [0.717, 1.165) is 45.2 Å². The highest BCUT2D eigenvalue weighted by Gasteiger charge is 2.55. The summed E-state index contributed by atoms with van der Waals surface area (Å²) in [5.41, 5.74) is 27.0. The molecule has 72 heavy (non-hydrogen) atoms. The second kappa shape index (κ2) is 14.6. The van der Waals surface area contributed by atoms with Gasteiger partial charge in [-0.1, -0.05) is 212 Å². The number of fused-ring (bicyclic) bond motifs is 22. The molecule has 0 saturated carbocycles. The fourth-order valence-electron chi connectivity index (χ4n) is 13.6. The zero-order valence-electron chi connectivity index (χ0n) is 39.2. The molecular formula is C69H43N3. The number of rotatable bonds is 5. The maximum Gasteiger partial charge on any atom is 0.134 e. The Morgan fingerprint density at radius 1 is 0.306 bits per heavy atom. The number of para-hydroxylation sites is 2. The monoisotopic (exact) mass is 913 g/mol. The van der Waals surface area contributed by atoms with Crippen molar-refractivity contribution >= 4 is 28.1 Å². The number of benzene rings is 11. The first-order valence-corrected chi connectivity index (χ1v) is 25.0. The van der Waals surface area contributed by atoms with Crippen molar-refractivity contribution in [3.63, 3.8) is 0 Å². The predicted octanol–water partition coefficient (Wildman–Crippen LogP) is 16.8. The summed E-state index contributed by atoms with van der Waals surface area (Å²) in [5.74, 6) is 1.03. The first-order valence-electron chi connectivity index (χ1n) is 25.0. The van der Waals surface area contributed by atoms with Crippen LogP contribution in [-0.2, 0) is 10.8 Å². The smallest absolute Gasteiger partial charge is 0.134 e. The molecule has 0 bridgehead atoms. The van der Waals surface area contributed by atoms with E-state index >= 15 is 0 Å². The summed E-state index contributed by atoms with van der Waals surface area (Å²) in [6, 6.07) is 96.8. The second-order valence-corrected chi connectivity index (χ2v) is 19.7. The van der Waals surface area contributed by atoms with Crippen molar-refractivity contribution in [1.29, 1.82) is 0 Å². The summed E-state index contributed by atoms with van der Waals surface area (Å²) in [4.78, 5) is 8.20. The van der Waals surface area contributed by atoms with Crippen LogP contribution in [0.2, 0.25) is 0 Å². The largest absolute Gasteiger partial charge is 0.308 e. The summed E-state index contributed by atoms with van der Waals surface area (Å²) in [5, 5.41) is 0. The van der Waals surface area contributed by atoms with Gasteiger partial charge in [-0.3, -0.25) is 4.57 Å². The third-order valence-corrected chi connectivity index (χ3v) is 16.4. The second-order valence-electron chi connectivity index (χ2n) is 19.7. The highest BCUT2D eigenvalue weighted by Crippen LogP contribution is 2.64.